The number of amides is 1. The van der Waals surface area contributed by atoms with E-state index in [2.05, 4.69) is 5.32 Å². The van der Waals surface area contributed by atoms with Gasteiger partial charge in [-0.05, 0) is 24.6 Å². The van der Waals surface area contributed by atoms with Crippen LogP contribution in [0.5, 0.6) is 0 Å². The van der Waals surface area contributed by atoms with Crippen LogP contribution in [0, 0.1) is 27.2 Å². The summed E-state index contributed by atoms with van der Waals surface area (Å²) in [6.45, 7) is 1.74. The van der Waals surface area contributed by atoms with Crippen LogP contribution in [0.4, 0.5) is 17.1 Å². The molecular formula is C14H11N3O5. The van der Waals surface area contributed by atoms with E-state index in [4.69, 9.17) is 0 Å². The Bertz CT molecular complexity index is 773. The summed E-state index contributed by atoms with van der Waals surface area (Å²) in [6.07, 6.45) is 0. The van der Waals surface area contributed by atoms with Crippen LogP contribution in [-0.2, 0) is 0 Å². The minimum Gasteiger partial charge on any atom is -0.316 e. The number of hydrogen-bond donors (Lipinski definition) is 1. The van der Waals surface area contributed by atoms with Crippen molar-refractivity contribution in [1.29, 1.82) is 0 Å². The van der Waals surface area contributed by atoms with E-state index in [1.807, 2.05) is 0 Å². The lowest BCUT2D eigenvalue weighted by Gasteiger charge is -2.08. The van der Waals surface area contributed by atoms with Gasteiger partial charge >= 0.3 is 0 Å². The van der Waals surface area contributed by atoms with E-state index in [-0.39, 0.29) is 5.69 Å². The minimum absolute atomic E-state index is 0.0937. The van der Waals surface area contributed by atoms with Crippen LogP contribution in [0.2, 0.25) is 0 Å². The number of aryl methyl sites for hydroxylation is 1. The number of carbonyl (C=O) groups excluding carboxylic acids is 1. The predicted octanol–water partition coefficient (Wildman–Crippen LogP) is 3.06. The zero-order valence-electron chi connectivity index (χ0n) is 11.5. The average Bonchev–Trinajstić information content (AvgIpc) is 2.47. The molecule has 112 valence electrons. The Morgan fingerprint density at radius 3 is 2.32 bits per heavy atom. The van der Waals surface area contributed by atoms with Crippen molar-refractivity contribution < 1.29 is 14.6 Å². The van der Waals surface area contributed by atoms with Gasteiger partial charge in [0, 0.05) is 11.6 Å². The van der Waals surface area contributed by atoms with E-state index in [0.717, 1.165) is 18.2 Å². The number of nitrogens with one attached hydrogen (secondary N) is 1. The first-order valence-electron chi connectivity index (χ1n) is 6.20. The van der Waals surface area contributed by atoms with Crippen molar-refractivity contribution in [3.8, 4) is 0 Å². The lowest BCUT2D eigenvalue weighted by Crippen LogP contribution is -2.14. The van der Waals surface area contributed by atoms with Crippen LogP contribution < -0.4 is 5.32 Å². The molecule has 22 heavy (non-hydrogen) atoms. The number of nitro groups is 2. The summed E-state index contributed by atoms with van der Waals surface area (Å²) < 4.78 is 0. The molecule has 0 saturated heterocycles. The third-order valence-electron chi connectivity index (χ3n) is 3.03. The fourth-order valence-corrected chi connectivity index (χ4v) is 1.91. The van der Waals surface area contributed by atoms with Gasteiger partial charge in [-0.1, -0.05) is 18.2 Å². The number of carbonyl (C=O) groups is 1. The van der Waals surface area contributed by atoms with Crippen LogP contribution in [0.3, 0.4) is 0 Å². The molecule has 0 fully saturated rings. The molecule has 0 radical (unpaired) electrons. The van der Waals surface area contributed by atoms with Gasteiger partial charge in [0.15, 0.2) is 0 Å². The summed E-state index contributed by atoms with van der Waals surface area (Å²) in [7, 11) is 0. The normalized spacial score (nSPS) is 10.0. The van der Waals surface area contributed by atoms with Gasteiger partial charge in [-0.2, -0.15) is 0 Å². The van der Waals surface area contributed by atoms with Gasteiger partial charge in [-0.3, -0.25) is 25.0 Å². The number of nitrogens with zero attached hydrogens (tertiary/aromatic N) is 2. The molecule has 0 aromatic heterocycles. The van der Waals surface area contributed by atoms with E-state index < -0.39 is 27.1 Å². The Kier molecular flexibility index (Phi) is 4.12. The third kappa shape index (κ3) is 3.06. The van der Waals surface area contributed by atoms with E-state index in [0.29, 0.717) is 11.1 Å². The molecule has 0 heterocycles. The topological polar surface area (TPSA) is 115 Å². The first-order chi connectivity index (χ1) is 10.4. The zero-order chi connectivity index (χ0) is 16.3. The van der Waals surface area contributed by atoms with Gasteiger partial charge in [0.05, 0.1) is 15.9 Å². The molecule has 2 rings (SSSR count). The Labute approximate surface area is 124 Å². The quantitative estimate of drug-likeness (QED) is 0.688. The second-order valence-corrected chi connectivity index (χ2v) is 4.48. The lowest BCUT2D eigenvalue weighted by molar-refractivity contribution is -0.393. The van der Waals surface area contributed by atoms with Gasteiger partial charge in [0.25, 0.3) is 17.3 Å². The first kappa shape index (κ1) is 15.1. The number of non-ortho nitro benzene ring substituents is 1. The first-order valence-corrected chi connectivity index (χ1v) is 6.20. The number of hydrogen-bond acceptors (Lipinski definition) is 5. The van der Waals surface area contributed by atoms with Crippen molar-refractivity contribution >= 4 is 23.0 Å². The van der Waals surface area contributed by atoms with Crippen molar-refractivity contribution in [2.24, 2.45) is 0 Å². The highest BCUT2D eigenvalue weighted by Gasteiger charge is 2.21. The highest BCUT2D eigenvalue weighted by Crippen LogP contribution is 2.29. The van der Waals surface area contributed by atoms with Crippen molar-refractivity contribution in [2.75, 3.05) is 5.32 Å². The second kappa shape index (κ2) is 6.00. The van der Waals surface area contributed by atoms with E-state index >= 15 is 0 Å². The van der Waals surface area contributed by atoms with Gasteiger partial charge in [-0.15, -0.1) is 0 Å². The van der Waals surface area contributed by atoms with E-state index in [9.17, 15) is 25.0 Å². The van der Waals surface area contributed by atoms with Crippen molar-refractivity contribution in [3.05, 3.63) is 73.8 Å². The molecule has 1 amide bonds. The van der Waals surface area contributed by atoms with E-state index in [1.54, 1.807) is 31.2 Å². The zero-order valence-corrected chi connectivity index (χ0v) is 11.5. The Hall–Kier alpha value is -3.29. The molecule has 0 spiro atoms. The molecule has 0 saturated carbocycles. The molecule has 0 aliphatic heterocycles. The van der Waals surface area contributed by atoms with Crippen molar-refractivity contribution in [1.82, 2.24) is 0 Å². The van der Waals surface area contributed by atoms with Crippen LogP contribution in [0.25, 0.3) is 0 Å². The maximum atomic E-state index is 12.2. The fourth-order valence-electron chi connectivity index (χ4n) is 1.91. The smallest absolute Gasteiger partial charge is 0.299 e. The average molecular weight is 301 g/mol. The molecule has 2 aromatic carbocycles. The Morgan fingerprint density at radius 2 is 1.73 bits per heavy atom. The molecule has 0 atom stereocenters. The maximum absolute atomic E-state index is 12.2. The standard InChI is InChI=1S/C14H11N3O5/c1-9-4-2-3-5-11(9)14(18)15-12-7-6-10(16(19)20)8-13(12)17(21)22/h2-8H,1H3,(H,15,18). The SMILES string of the molecule is Cc1ccccc1C(=O)Nc1ccc([N+](=O)[O-])cc1[N+](=O)[O-]. The summed E-state index contributed by atoms with van der Waals surface area (Å²) in [5.41, 5.74) is 0.0419. The van der Waals surface area contributed by atoms with Crippen LogP contribution in [0.1, 0.15) is 15.9 Å². The highest BCUT2D eigenvalue weighted by atomic mass is 16.6. The van der Waals surface area contributed by atoms with Gasteiger partial charge in [-0.25, -0.2) is 0 Å². The number of rotatable bonds is 4. The molecule has 0 aliphatic carbocycles. The van der Waals surface area contributed by atoms with Gasteiger partial charge in [0.1, 0.15) is 5.69 Å². The number of anilines is 1. The van der Waals surface area contributed by atoms with Crippen molar-refractivity contribution in [2.45, 2.75) is 6.92 Å². The molecule has 0 aliphatic rings. The molecule has 0 bridgehead atoms. The summed E-state index contributed by atoms with van der Waals surface area (Å²) in [5.74, 6) is -0.518. The molecule has 2 aromatic rings. The third-order valence-corrected chi connectivity index (χ3v) is 3.03. The fraction of sp³-hybridized carbons (Fsp3) is 0.0714. The molecule has 0 unspecified atom stereocenters. The molecule has 8 heteroatoms. The largest absolute Gasteiger partial charge is 0.316 e. The number of benzene rings is 2. The molecule has 1 N–H and O–H groups in total. The molecular weight excluding hydrogens is 290 g/mol. The Balaban J connectivity index is 2.37. The van der Waals surface area contributed by atoms with Gasteiger partial charge < -0.3 is 5.32 Å². The van der Waals surface area contributed by atoms with Crippen LogP contribution in [0.15, 0.2) is 42.5 Å². The van der Waals surface area contributed by atoms with Crippen molar-refractivity contribution in [3.63, 3.8) is 0 Å². The Morgan fingerprint density at radius 1 is 1.05 bits per heavy atom. The second-order valence-electron chi connectivity index (χ2n) is 4.48. The lowest BCUT2D eigenvalue weighted by atomic mass is 10.1. The predicted molar refractivity (Wildman–Crippen MR) is 78.9 cm³/mol. The maximum Gasteiger partial charge on any atom is 0.299 e. The number of nitro benzene ring substituents is 2. The summed E-state index contributed by atoms with van der Waals surface area (Å²) in [5, 5.41) is 24.1. The minimum atomic E-state index is -0.777. The summed E-state index contributed by atoms with van der Waals surface area (Å²) >= 11 is 0. The summed E-state index contributed by atoms with van der Waals surface area (Å²) in [6, 6.07) is 9.81. The summed E-state index contributed by atoms with van der Waals surface area (Å²) in [4.78, 5) is 32.3. The van der Waals surface area contributed by atoms with E-state index in [1.165, 1.54) is 0 Å². The van der Waals surface area contributed by atoms with Gasteiger partial charge in [0.2, 0.25) is 0 Å². The molecule has 8 nitrogen and oxygen atoms in total. The van der Waals surface area contributed by atoms with Crippen LogP contribution >= 0.6 is 0 Å². The highest BCUT2D eigenvalue weighted by molar-refractivity contribution is 6.06. The van der Waals surface area contributed by atoms with Crippen LogP contribution in [-0.4, -0.2) is 15.8 Å². The monoisotopic (exact) mass is 301 g/mol.